The zero-order chi connectivity index (χ0) is 16.2. The summed E-state index contributed by atoms with van der Waals surface area (Å²) >= 11 is 0. The normalized spacial score (nSPS) is 34.3. The number of likely N-dealkylation sites (tertiary alicyclic amines) is 1. The van der Waals surface area contributed by atoms with Crippen LogP contribution in [-0.2, 0) is 11.8 Å². The highest BCUT2D eigenvalue weighted by Crippen LogP contribution is 2.49. The Morgan fingerprint density at radius 2 is 2.22 bits per heavy atom. The van der Waals surface area contributed by atoms with E-state index < -0.39 is 0 Å². The highest BCUT2D eigenvalue weighted by Gasteiger charge is 2.49. The minimum atomic E-state index is 0.198. The monoisotopic (exact) mass is 313 g/mol. The number of oxime groups is 1. The molecule has 2 aliphatic carbocycles. The van der Waals surface area contributed by atoms with Gasteiger partial charge in [0.25, 0.3) is 0 Å². The van der Waals surface area contributed by atoms with Gasteiger partial charge in [-0.25, -0.2) is 0 Å². The lowest BCUT2D eigenvalue weighted by Crippen LogP contribution is -2.58. The van der Waals surface area contributed by atoms with Gasteiger partial charge < -0.3 is 10.9 Å². The first-order valence-electron chi connectivity index (χ1n) is 8.88. The third kappa shape index (κ3) is 2.35. The maximum absolute atomic E-state index is 8.97. The summed E-state index contributed by atoms with van der Waals surface area (Å²) in [4.78, 5) is 2.75. The molecular formula is C19H27N3O. The van der Waals surface area contributed by atoms with Crippen molar-refractivity contribution in [3.8, 4) is 0 Å². The van der Waals surface area contributed by atoms with Gasteiger partial charge in [0.2, 0.25) is 0 Å². The molecule has 4 heteroatoms. The van der Waals surface area contributed by atoms with Gasteiger partial charge in [-0.1, -0.05) is 31.1 Å². The molecule has 0 spiro atoms. The van der Waals surface area contributed by atoms with Crippen LogP contribution in [0.4, 0.5) is 0 Å². The van der Waals surface area contributed by atoms with E-state index in [1.165, 1.54) is 43.5 Å². The predicted octanol–water partition coefficient (Wildman–Crippen LogP) is 2.72. The molecular weight excluding hydrogens is 286 g/mol. The van der Waals surface area contributed by atoms with Crippen molar-refractivity contribution in [1.29, 1.82) is 0 Å². The summed E-state index contributed by atoms with van der Waals surface area (Å²) in [6, 6.07) is 7.01. The Labute approximate surface area is 138 Å². The van der Waals surface area contributed by atoms with Crippen molar-refractivity contribution in [1.82, 2.24) is 4.90 Å². The molecule has 3 N–H and O–H groups in total. The average molecular weight is 313 g/mol. The fourth-order valence-corrected chi connectivity index (χ4v) is 4.78. The molecule has 1 saturated heterocycles. The molecule has 1 heterocycles. The number of nitrogens with two attached hydrogens (primary N) is 1. The van der Waals surface area contributed by atoms with Crippen LogP contribution in [0.25, 0.3) is 0 Å². The van der Waals surface area contributed by atoms with E-state index in [1.807, 2.05) is 6.07 Å². The van der Waals surface area contributed by atoms with Crippen molar-refractivity contribution in [2.24, 2.45) is 22.7 Å². The molecule has 3 atom stereocenters. The number of piperidine rings is 1. The number of fused-ring (bicyclic) bond motifs is 4. The van der Waals surface area contributed by atoms with Gasteiger partial charge in [0.15, 0.2) is 5.84 Å². The van der Waals surface area contributed by atoms with Gasteiger partial charge in [-0.15, -0.1) is 0 Å². The van der Waals surface area contributed by atoms with E-state index in [0.717, 1.165) is 17.9 Å². The molecule has 0 aromatic heterocycles. The standard InChI is InChI=1S/C19H27N3O/c1-12-17-10-14-5-6-15(18(20)21-23)9-16(14)19(12,2)7-8-22(17)11-13-3-4-13/h5-6,9,12-13,17,23H,3-4,7-8,10-11H2,1-2H3,(H2,20,21)/t12?,17?,19-/m0/s1. The maximum Gasteiger partial charge on any atom is 0.170 e. The third-order valence-electron chi connectivity index (χ3n) is 6.72. The van der Waals surface area contributed by atoms with E-state index in [-0.39, 0.29) is 11.3 Å². The van der Waals surface area contributed by atoms with Crippen LogP contribution < -0.4 is 5.73 Å². The zero-order valence-corrected chi connectivity index (χ0v) is 14.1. The molecule has 23 heavy (non-hydrogen) atoms. The van der Waals surface area contributed by atoms with Crippen LogP contribution in [0.5, 0.6) is 0 Å². The predicted molar refractivity (Wildman–Crippen MR) is 91.9 cm³/mol. The number of amidine groups is 1. The van der Waals surface area contributed by atoms with Gasteiger partial charge in [-0.05, 0) is 66.7 Å². The first kappa shape index (κ1) is 15.0. The highest BCUT2D eigenvalue weighted by molar-refractivity contribution is 5.97. The zero-order valence-electron chi connectivity index (χ0n) is 14.1. The summed E-state index contributed by atoms with van der Waals surface area (Å²) in [5.74, 6) is 1.80. The smallest absolute Gasteiger partial charge is 0.170 e. The molecule has 1 aromatic carbocycles. The van der Waals surface area contributed by atoms with E-state index in [1.54, 1.807) is 0 Å². The van der Waals surface area contributed by atoms with Gasteiger partial charge in [-0.2, -0.15) is 0 Å². The number of hydrogen-bond acceptors (Lipinski definition) is 3. The van der Waals surface area contributed by atoms with Crippen LogP contribution in [0.1, 0.15) is 49.8 Å². The van der Waals surface area contributed by atoms with Crippen molar-refractivity contribution in [2.45, 2.75) is 51.0 Å². The van der Waals surface area contributed by atoms with Crippen LogP contribution in [-0.4, -0.2) is 35.1 Å². The SMILES string of the molecule is CC1C2Cc3ccc(/C(N)=N\O)cc3[C@@]1(C)CCN2CC1CC1. The van der Waals surface area contributed by atoms with E-state index in [2.05, 4.69) is 36.0 Å². The number of hydrogen-bond donors (Lipinski definition) is 2. The summed E-state index contributed by atoms with van der Waals surface area (Å²) in [7, 11) is 0. The second-order valence-electron chi connectivity index (χ2n) is 8.02. The summed E-state index contributed by atoms with van der Waals surface area (Å²) in [5, 5.41) is 12.1. The largest absolute Gasteiger partial charge is 0.409 e. The van der Waals surface area contributed by atoms with Crippen molar-refractivity contribution in [3.05, 3.63) is 34.9 Å². The molecule has 124 valence electrons. The van der Waals surface area contributed by atoms with Crippen LogP contribution >= 0.6 is 0 Å². The van der Waals surface area contributed by atoms with Gasteiger partial charge in [0, 0.05) is 18.2 Å². The molecule has 1 saturated carbocycles. The van der Waals surface area contributed by atoms with Gasteiger partial charge >= 0.3 is 0 Å². The maximum atomic E-state index is 8.97. The lowest BCUT2D eigenvalue weighted by atomic mass is 9.59. The van der Waals surface area contributed by atoms with Crippen LogP contribution in [0, 0.1) is 11.8 Å². The van der Waals surface area contributed by atoms with E-state index in [0.29, 0.717) is 12.0 Å². The Hall–Kier alpha value is -1.55. The Morgan fingerprint density at radius 1 is 1.43 bits per heavy atom. The van der Waals surface area contributed by atoms with Crippen molar-refractivity contribution >= 4 is 5.84 Å². The molecule has 2 bridgehead atoms. The Bertz CT molecular complexity index is 652. The van der Waals surface area contributed by atoms with E-state index >= 15 is 0 Å². The topological polar surface area (TPSA) is 61.9 Å². The number of nitrogens with zero attached hydrogens (tertiary/aromatic N) is 2. The fourth-order valence-electron chi connectivity index (χ4n) is 4.78. The van der Waals surface area contributed by atoms with E-state index in [4.69, 9.17) is 10.9 Å². The first-order chi connectivity index (χ1) is 11.0. The van der Waals surface area contributed by atoms with Gasteiger partial charge in [-0.3, -0.25) is 4.90 Å². The van der Waals surface area contributed by atoms with Crippen LogP contribution in [0.2, 0.25) is 0 Å². The first-order valence-corrected chi connectivity index (χ1v) is 8.88. The third-order valence-corrected chi connectivity index (χ3v) is 6.72. The molecule has 0 radical (unpaired) electrons. The molecule has 1 aromatic rings. The minimum absolute atomic E-state index is 0.198. The summed E-state index contributed by atoms with van der Waals surface area (Å²) in [6.07, 6.45) is 5.18. The molecule has 2 unspecified atom stereocenters. The van der Waals surface area contributed by atoms with Crippen molar-refractivity contribution in [3.63, 3.8) is 0 Å². The number of benzene rings is 1. The highest BCUT2D eigenvalue weighted by atomic mass is 16.4. The Kier molecular flexibility index (Phi) is 3.41. The number of rotatable bonds is 3. The fraction of sp³-hybridized carbons (Fsp3) is 0.632. The molecule has 4 rings (SSSR count). The van der Waals surface area contributed by atoms with Crippen LogP contribution in [0.15, 0.2) is 23.4 Å². The molecule has 1 aliphatic heterocycles. The van der Waals surface area contributed by atoms with Gasteiger partial charge in [0.1, 0.15) is 0 Å². The molecule has 2 fully saturated rings. The molecule has 0 amide bonds. The van der Waals surface area contributed by atoms with Gasteiger partial charge in [0.05, 0.1) is 0 Å². The average Bonchev–Trinajstić information content (AvgIpc) is 3.36. The summed E-state index contributed by atoms with van der Waals surface area (Å²) < 4.78 is 0. The minimum Gasteiger partial charge on any atom is -0.409 e. The van der Waals surface area contributed by atoms with Crippen molar-refractivity contribution < 1.29 is 5.21 Å². The lowest BCUT2D eigenvalue weighted by Gasteiger charge is -2.55. The second-order valence-corrected chi connectivity index (χ2v) is 8.02. The molecule has 3 aliphatic rings. The quantitative estimate of drug-likeness (QED) is 0.390. The van der Waals surface area contributed by atoms with Crippen molar-refractivity contribution in [2.75, 3.05) is 13.1 Å². The Morgan fingerprint density at radius 3 is 2.91 bits per heavy atom. The lowest BCUT2D eigenvalue weighted by molar-refractivity contribution is 0.0284. The molecule has 4 nitrogen and oxygen atoms in total. The summed E-state index contributed by atoms with van der Waals surface area (Å²) in [6.45, 7) is 7.33. The Balaban J connectivity index is 1.71. The van der Waals surface area contributed by atoms with Crippen LogP contribution in [0.3, 0.4) is 0 Å². The summed E-state index contributed by atoms with van der Waals surface area (Å²) in [5.41, 5.74) is 9.70. The second kappa shape index (κ2) is 5.23. The van der Waals surface area contributed by atoms with E-state index in [9.17, 15) is 0 Å².